The zero-order chi connectivity index (χ0) is 15.6. The van der Waals surface area contributed by atoms with Gasteiger partial charge >= 0.3 is 5.69 Å². The van der Waals surface area contributed by atoms with Crippen molar-refractivity contribution in [2.24, 2.45) is 0 Å². The Kier molecular flexibility index (Phi) is 4.17. The number of nitro groups is 1. The van der Waals surface area contributed by atoms with E-state index in [0.29, 0.717) is 12.1 Å². The fourth-order valence-electron chi connectivity index (χ4n) is 2.23. The number of nitro benzene ring substituents is 1. The third-order valence-corrected chi connectivity index (χ3v) is 3.73. The maximum atomic E-state index is 13.9. The summed E-state index contributed by atoms with van der Waals surface area (Å²) in [7, 11) is 1.51. The second-order valence-electron chi connectivity index (χ2n) is 4.97. The van der Waals surface area contributed by atoms with Crippen LogP contribution in [0.5, 0.6) is 0 Å². The van der Waals surface area contributed by atoms with Gasteiger partial charge < -0.3 is 10.1 Å². The maximum Gasteiger partial charge on any atom is 0.308 e. The van der Waals surface area contributed by atoms with Gasteiger partial charge in [0.15, 0.2) is 0 Å². The number of benzene rings is 1. The SMILES string of the molecule is COC1(CNC(=O)c2cc(F)cc([N+](=O)[O-])c2F)CCC1. The number of hydrogen-bond donors (Lipinski definition) is 1. The van der Waals surface area contributed by atoms with Crippen LogP contribution < -0.4 is 5.32 Å². The minimum Gasteiger partial charge on any atom is -0.376 e. The largest absolute Gasteiger partial charge is 0.376 e. The Morgan fingerprint density at radius 2 is 2.14 bits per heavy atom. The van der Waals surface area contributed by atoms with Crippen molar-refractivity contribution in [3.8, 4) is 0 Å². The van der Waals surface area contributed by atoms with Gasteiger partial charge in [-0.2, -0.15) is 4.39 Å². The standard InChI is InChI=1S/C13H14F2N2O4/c1-21-13(3-2-4-13)7-16-12(18)9-5-8(14)6-10(11(9)15)17(19)20/h5-6H,2-4,7H2,1H3,(H,16,18). The van der Waals surface area contributed by atoms with Gasteiger partial charge in [-0.05, 0) is 25.3 Å². The maximum absolute atomic E-state index is 13.9. The summed E-state index contributed by atoms with van der Waals surface area (Å²) in [5.74, 6) is -3.30. The van der Waals surface area contributed by atoms with Crippen molar-refractivity contribution >= 4 is 11.6 Å². The first kappa shape index (κ1) is 15.3. The molecule has 114 valence electrons. The van der Waals surface area contributed by atoms with Gasteiger partial charge in [0, 0.05) is 13.7 Å². The molecule has 2 rings (SSSR count). The van der Waals surface area contributed by atoms with Crippen molar-refractivity contribution in [2.75, 3.05) is 13.7 Å². The second-order valence-corrected chi connectivity index (χ2v) is 4.97. The first-order valence-corrected chi connectivity index (χ1v) is 6.35. The van der Waals surface area contributed by atoms with Crippen molar-refractivity contribution in [2.45, 2.75) is 24.9 Å². The van der Waals surface area contributed by atoms with Crippen molar-refractivity contribution in [3.63, 3.8) is 0 Å². The van der Waals surface area contributed by atoms with E-state index in [1.54, 1.807) is 0 Å². The van der Waals surface area contributed by atoms with Gasteiger partial charge in [-0.15, -0.1) is 0 Å². The lowest BCUT2D eigenvalue weighted by Crippen LogP contribution is -2.49. The third-order valence-electron chi connectivity index (χ3n) is 3.73. The van der Waals surface area contributed by atoms with Crippen molar-refractivity contribution in [1.29, 1.82) is 0 Å². The molecule has 1 aliphatic carbocycles. The minimum atomic E-state index is -1.35. The monoisotopic (exact) mass is 300 g/mol. The molecule has 1 saturated carbocycles. The zero-order valence-corrected chi connectivity index (χ0v) is 11.3. The van der Waals surface area contributed by atoms with E-state index < -0.39 is 39.3 Å². The molecule has 8 heteroatoms. The Morgan fingerprint density at radius 1 is 1.48 bits per heavy atom. The van der Waals surface area contributed by atoms with Gasteiger partial charge in [0.2, 0.25) is 5.82 Å². The number of amides is 1. The van der Waals surface area contributed by atoms with Crippen LogP contribution in [0.4, 0.5) is 14.5 Å². The molecular formula is C13H14F2N2O4. The summed E-state index contributed by atoms with van der Waals surface area (Å²) in [6.07, 6.45) is 2.48. The fraction of sp³-hybridized carbons (Fsp3) is 0.462. The number of carbonyl (C=O) groups is 1. The molecular weight excluding hydrogens is 286 g/mol. The molecule has 1 amide bonds. The molecule has 0 atom stereocenters. The number of methoxy groups -OCH3 is 1. The van der Waals surface area contributed by atoms with Crippen LogP contribution in [0, 0.1) is 21.7 Å². The number of ether oxygens (including phenoxy) is 1. The Bertz CT molecular complexity index is 582. The molecule has 0 heterocycles. The molecule has 6 nitrogen and oxygen atoms in total. The lowest BCUT2D eigenvalue weighted by Gasteiger charge is -2.40. The number of nitrogens with one attached hydrogen (secondary N) is 1. The predicted molar refractivity (Wildman–Crippen MR) is 68.9 cm³/mol. The highest BCUT2D eigenvalue weighted by Crippen LogP contribution is 2.34. The Morgan fingerprint density at radius 3 is 2.62 bits per heavy atom. The Hall–Kier alpha value is -2.09. The average molecular weight is 300 g/mol. The van der Waals surface area contributed by atoms with Crippen LogP contribution in [-0.4, -0.2) is 30.1 Å². The highest BCUT2D eigenvalue weighted by atomic mass is 19.1. The lowest BCUT2D eigenvalue weighted by molar-refractivity contribution is -0.387. The average Bonchev–Trinajstić information content (AvgIpc) is 2.39. The molecule has 21 heavy (non-hydrogen) atoms. The van der Waals surface area contributed by atoms with Crippen LogP contribution in [0.25, 0.3) is 0 Å². The summed E-state index contributed by atoms with van der Waals surface area (Å²) in [6, 6.07) is 1.08. The minimum absolute atomic E-state index is 0.145. The first-order chi connectivity index (χ1) is 9.88. The van der Waals surface area contributed by atoms with Crippen LogP contribution in [0.3, 0.4) is 0 Å². The van der Waals surface area contributed by atoms with Gasteiger partial charge in [-0.25, -0.2) is 4.39 Å². The van der Waals surface area contributed by atoms with E-state index in [2.05, 4.69) is 5.32 Å². The number of nitrogens with zero attached hydrogens (tertiary/aromatic N) is 1. The molecule has 1 N–H and O–H groups in total. The van der Waals surface area contributed by atoms with Crippen LogP contribution in [0.15, 0.2) is 12.1 Å². The molecule has 1 aliphatic rings. The fourth-order valence-corrected chi connectivity index (χ4v) is 2.23. The number of halogens is 2. The second kappa shape index (κ2) is 5.72. The van der Waals surface area contributed by atoms with Crippen molar-refractivity contribution in [3.05, 3.63) is 39.4 Å². The molecule has 0 unspecified atom stereocenters. The molecule has 0 aromatic heterocycles. The van der Waals surface area contributed by atoms with E-state index in [9.17, 15) is 23.7 Å². The summed E-state index contributed by atoms with van der Waals surface area (Å²) in [6.45, 7) is 0.145. The quantitative estimate of drug-likeness (QED) is 0.667. The third kappa shape index (κ3) is 2.99. The summed E-state index contributed by atoms with van der Waals surface area (Å²) in [4.78, 5) is 21.4. The van der Waals surface area contributed by atoms with E-state index in [-0.39, 0.29) is 6.54 Å². The van der Waals surface area contributed by atoms with Gasteiger partial charge in [0.25, 0.3) is 5.91 Å². The molecule has 0 bridgehead atoms. The molecule has 1 fully saturated rings. The summed E-state index contributed by atoms with van der Waals surface area (Å²) >= 11 is 0. The van der Waals surface area contributed by atoms with E-state index in [1.807, 2.05) is 0 Å². The topological polar surface area (TPSA) is 81.5 Å². The van der Waals surface area contributed by atoms with Gasteiger partial charge in [0.1, 0.15) is 5.82 Å². The zero-order valence-electron chi connectivity index (χ0n) is 11.3. The molecule has 0 spiro atoms. The van der Waals surface area contributed by atoms with E-state index in [0.717, 1.165) is 19.3 Å². The molecule has 1 aromatic carbocycles. The number of hydrogen-bond acceptors (Lipinski definition) is 4. The van der Waals surface area contributed by atoms with E-state index in [4.69, 9.17) is 4.74 Å². The summed E-state index contributed by atoms with van der Waals surface area (Å²) < 4.78 is 32.4. The molecule has 0 saturated heterocycles. The van der Waals surface area contributed by atoms with Crippen molar-refractivity contribution in [1.82, 2.24) is 5.32 Å². The lowest BCUT2D eigenvalue weighted by atomic mass is 9.80. The van der Waals surface area contributed by atoms with Crippen LogP contribution in [0.2, 0.25) is 0 Å². The van der Waals surface area contributed by atoms with E-state index >= 15 is 0 Å². The highest BCUT2D eigenvalue weighted by molar-refractivity contribution is 5.95. The molecule has 0 radical (unpaired) electrons. The number of carbonyl (C=O) groups excluding carboxylic acids is 1. The van der Waals surface area contributed by atoms with Crippen LogP contribution in [-0.2, 0) is 4.74 Å². The van der Waals surface area contributed by atoms with Gasteiger partial charge in [-0.1, -0.05) is 0 Å². The molecule has 1 aromatic rings. The normalized spacial score (nSPS) is 16.1. The van der Waals surface area contributed by atoms with Crippen LogP contribution >= 0.6 is 0 Å². The van der Waals surface area contributed by atoms with Crippen LogP contribution in [0.1, 0.15) is 29.6 Å². The number of rotatable bonds is 5. The summed E-state index contributed by atoms with van der Waals surface area (Å²) in [5.41, 5.74) is -2.23. The van der Waals surface area contributed by atoms with Gasteiger partial charge in [0.05, 0.1) is 22.2 Å². The van der Waals surface area contributed by atoms with Crippen molar-refractivity contribution < 1.29 is 23.2 Å². The first-order valence-electron chi connectivity index (χ1n) is 6.35. The molecule has 0 aliphatic heterocycles. The van der Waals surface area contributed by atoms with Gasteiger partial charge in [-0.3, -0.25) is 14.9 Å². The smallest absolute Gasteiger partial charge is 0.308 e. The van der Waals surface area contributed by atoms with E-state index in [1.165, 1.54) is 7.11 Å². The predicted octanol–water partition coefficient (Wildman–Crippen LogP) is 2.17. The Labute approximate surface area is 119 Å². The highest BCUT2D eigenvalue weighted by Gasteiger charge is 2.37. The summed E-state index contributed by atoms with van der Waals surface area (Å²) in [5, 5.41) is 13.0. The Balaban J connectivity index is 2.17.